The van der Waals surface area contributed by atoms with E-state index in [1.54, 1.807) is 65.9 Å². The van der Waals surface area contributed by atoms with Gasteiger partial charge in [0, 0.05) is 23.9 Å². The van der Waals surface area contributed by atoms with Crippen LogP contribution in [0.1, 0.15) is 12.5 Å². The molecule has 0 unspecified atom stereocenters. The number of para-hydroxylation sites is 1. The van der Waals surface area contributed by atoms with Crippen LogP contribution in [0.3, 0.4) is 0 Å². The molecule has 0 aliphatic carbocycles. The fraction of sp³-hybridized carbons (Fsp3) is 0.219. The molecule has 0 aliphatic heterocycles. The number of nitrogens with zero attached hydrogens (tertiary/aromatic N) is 4. The van der Waals surface area contributed by atoms with Crippen molar-refractivity contribution in [1.82, 2.24) is 13.9 Å². The average Bonchev–Trinajstić information content (AvgIpc) is 3.31. The normalized spacial score (nSPS) is 12.2. The van der Waals surface area contributed by atoms with Gasteiger partial charge in [0.05, 0.1) is 33.6 Å². The van der Waals surface area contributed by atoms with E-state index in [2.05, 4.69) is 0 Å². The van der Waals surface area contributed by atoms with Crippen LogP contribution in [0.2, 0.25) is 0 Å². The zero-order chi connectivity index (χ0) is 30.6. The van der Waals surface area contributed by atoms with E-state index < -0.39 is 21.8 Å². The topological polar surface area (TPSA) is 110 Å². The van der Waals surface area contributed by atoms with Crippen molar-refractivity contribution in [3.63, 3.8) is 0 Å². The van der Waals surface area contributed by atoms with Gasteiger partial charge in [0.25, 0.3) is 15.6 Å². The fourth-order valence-corrected chi connectivity index (χ4v) is 6.90. The highest BCUT2D eigenvalue weighted by Gasteiger charge is 2.33. The molecule has 220 valence electrons. The Hall–Kier alpha value is -4.74. The van der Waals surface area contributed by atoms with Crippen LogP contribution in [0, 0.1) is 6.92 Å². The number of hydrogen-bond donors (Lipinski definition) is 0. The van der Waals surface area contributed by atoms with Crippen LogP contribution in [0.4, 0.5) is 10.5 Å². The summed E-state index contributed by atoms with van der Waals surface area (Å²) in [6.45, 7) is 4.21. The molecule has 0 bridgehead atoms. The molecule has 2 heterocycles. The van der Waals surface area contributed by atoms with Gasteiger partial charge in [0.2, 0.25) is 0 Å². The predicted molar refractivity (Wildman–Crippen MR) is 168 cm³/mol. The van der Waals surface area contributed by atoms with Crippen molar-refractivity contribution in [1.29, 1.82) is 0 Å². The molecule has 0 N–H and O–H groups in total. The highest BCUT2D eigenvalue weighted by atomic mass is 32.2. The first-order chi connectivity index (χ1) is 20.5. The molecule has 6 aromatic rings. The molecule has 0 aliphatic rings. The number of benzene rings is 4. The molecule has 0 radical (unpaired) electrons. The lowest BCUT2D eigenvalue weighted by atomic mass is 10.0. The molecular formula is C32H30N4O6S. The number of ether oxygens (including phenoxy) is 1. The number of carbonyl (C=O) groups is 1. The van der Waals surface area contributed by atoms with Crippen molar-refractivity contribution < 1.29 is 17.9 Å². The monoisotopic (exact) mass is 598 g/mol. The van der Waals surface area contributed by atoms with E-state index in [0.29, 0.717) is 32.7 Å². The van der Waals surface area contributed by atoms with Gasteiger partial charge in [-0.25, -0.2) is 18.0 Å². The highest BCUT2D eigenvalue weighted by Crippen LogP contribution is 2.37. The summed E-state index contributed by atoms with van der Waals surface area (Å²) in [6, 6.07) is 20.1. The summed E-state index contributed by atoms with van der Waals surface area (Å²) in [4.78, 5) is 42.1. The number of fused-ring (bicyclic) bond motifs is 5. The first-order valence-electron chi connectivity index (χ1n) is 13.8. The molecule has 6 rings (SSSR count). The average molecular weight is 599 g/mol. The smallest absolute Gasteiger partial charge is 0.428 e. The summed E-state index contributed by atoms with van der Waals surface area (Å²) in [5, 5.41) is 3.30. The third-order valence-corrected chi connectivity index (χ3v) is 9.36. The second-order valence-electron chi connectivity index (χ2n) is 10.7. The number of carbonyl (C=O) groups excluding carboxylic acids is 1. The summed E-state index contributed by atoms with van der Waals surface area (Å²) in [7, 11) is -0.542. The van der Waals surface area contributed by atoms with Crippen molar-refractivity contribution in [3.05, 3.63) is 99.2 Å². The largest absolute Gasteiger partial charge is 0.449 e. The number of amides is 1. The van der Waals surface area contributed by atoms with Crippen LogP contribution in [0.5, 0.6) is 0 Å². The van der Waals surface area contributed by atoms with E-state index in [9.17, 15) is 22.8 Å². The number of anilines is 1. The number of aryl methyl sites for hydroxylation is 1. The Morgan fingerprint density at radius 1 is 0.907 bits per heavy atom. The number of rotatable bonds is 7. The van der Waals surface area contributed by atoms with Crippen molar-refractivity contribution in [2.24, 2.45) is 0 Å². The molecule has 0 fully saturated rings. The third-order valence-electron chi connectivity index (χ3n) is 7.65. The predicted octanol–water partition coefficient (Wildman–Crippen LogP) is 4.58. The van der Waals surface area contributed by atoms with Crippen molar-refractivity contribution in [2.45, 2.75) is 25.3 Å². The van der Waals surface area contributed by atoms with Gasteiger partial charge in [-0.3, -0.25) is 13.8 Å². The summed E-state index contributed by atoms with van der Waals surface area (Å²) in [6.07, 6.45) is -1.02. The maximum atomic E-state index is 13.7. The van der Waals surface area contributed by atoms with E-state index in [4.69, 9.17) is 4.74 Å². The van der Waals surface area contributed by atoms with Crippen LogP contribution in [-0.4, -0.2) is 55.6 Å². The number of likely N-dealkylation sites (N-methyl/N-ethyl adjacent to an activating group) is 1. The van der Waals surface area contributed by atoms with E-state index in [1.165, 1.54) is 16.7 Å². The zero-order valence-corrected chi connectivity index (χ0v) is 25.0. The number of hydrogen-bond acceptors (Lipinski definition) is 7. The minimum atomic E-state index is -4.30. The lowest BCUT2D eigenvalue weighted by Gasteiger charge is -2.22. The van der Waals surface area contributed by atoms with E-state index >= 15 is 0 Å². The Morgan fingerprint density at radius 2 is 1.63 bits per heavy atom. The Morgan fingerprint density at radius 3 is 2.33 bits per heavy atom. The quantitative estimate of drug-likeness (QED) is 0.265. The van der Waals surface area contributed by atoms with Gasteiger partial charge in [0.1, 0.15) is 0 Å². The van der Waals surface area contributed by atoms with Gasteiger partial charge < -0.3 is 9.64 Å². The summed E-state index contributed by atoms with van der Waals surface area (Å²) < 4.78 is 36.1. The SMILES string of the molecule is CCOC(=O)N(c1ccc2c(ccc3c2c2cccc4c(=O)n(CCN(C)C)c(=O)n3c42)c1)S(=O)(=O)c1ccc(C)cc1. The van der Waals surface area contributed by atoms with Gasteiger partial charge in [-0.1, -0.05) is 42.0 Å². The standard InChI is InChI=1S/C32H30N4O6S/c1-5-42-32(39)36(43(40,41)23-13-9-20(2)10-14-23)22-12-15-24-21(19-22)11-16-27-28(24)25-7-6-8-26-29(25)35(27)31(38)34(30(26)37)18-17-33(3)4/h6-16,19H,5,17-18H2,1-4H3. The summed E-state index contributed by atoms with van der Waals surface area (Å²) in [5.74, 6) is 0. The van der Waals surface area contributed by atoms with Gasteiger partial charge in [0.15, 0.2) is 0 Å². The van der Waals surface area contributed by atoms with E-state index in [1.807, 2.05) is 32.0 Å². The van der Waals surface area contributed by atoms with Crippen LogP contribution in [0.25, 0.3) is 38.0 Å². The molecule has 4 aromatic carbocycles. The second kappa shape index (κ2) is 10.5. The van der Waals surface area contributed by atoms with Crippen LogP contribution in [0.15, 0.2) is 87.3 Å². The molecule has 1 amide bonds. The van der Waals surface area contributed by atoms with E-state index in [0.717, 1.165) is 21.7 Å². The first-order valence-corrected chi connectivity index (χ1v) is 15.3. The van der Waals surface area contributed by atoms with Crippen LogP contribution in [-0.2, 0) is 21.3 Å². The van der Waals surface area contributed by atoms with Gasteiger partial charge in [-0.05, 0) is 75.1 Å². The van der Waals surface area contributed by atoms with Crippen molar-refractivity contribution >= 4 is 59.8 Å². The maximum Gasteiger partial charge on any atom is 0.428 e. The molecule has 0 spiro atoms. The molecule has 0 atom stereocenters. The summed E-state index contributed by atoms with van der Waals surface area (Å²) in [5.41, 5.74) is 1.40. The second-order valence-corrected chi connectivity index (χ2v) is 12.5. The molecule has 2 aromatic heterocycles. The Balaban J connectivity index is 1.59. The lowest BCUT2D eigenvalue weighted by Crippen LogP contribution is -2.39. The van der Waals surface area contributed by atoms with Gasteiger partial charge in [-0.15, -0.1) is 0 Å². The molecular weight excluding hydrogens is 568 g/mol. The van der Waals surface area contributed by atoms with Crippen molar-refractivity contribution in [3.8, 4) is 0 Å². The third kappa shape index (κ3) is 4.52. The Bertz CT molecular complexity index is 2270. The molecule has 0 saturated carbocycles. The minimum absolute atomic E-state index is 0.00684. The molecule has 43 heavy (non-hydrogen) atoms. The zero-order valence-electron chi connectivity index (χ0n) is 24.2. The highest BCUT2D eigenvalue weighted by molar-refractivity contribution is 7.93. The minimum Gasteiger partial charge on any atom is -0.449 e. The van der Waals surface area contributed by atoms with Crippen LogP contribution >= 0.6 is 0 Å². The van der Waals surface area contributed by atoms with Gasteiger partial charge >= 0.3 is 11.8 Å². The Labute approximate surface area is 247 Å². The summed E-state index contributed by atoms with van der Waals surface area (Å²) >= 11 is 0. The van der Waals surface area contributed by atoms with E-state index in [-0.39, 0.29) is 29.3 Å². The lowest BCUT2D eigenvalue weighted by molar-refractivity contribution is 0.164. The number of sulfonamides is 1. The molecule has 10 nitrogen and oxygen atoms in total. The van der Waals surface area contributed by atoms with Crippen molar-refractivity contribution in [2.75, 3.05) is 31.6 Å². The fourth-order valence-electron chi connectivity index (χ4n) is 5.57. The Kier molecular flexibility index (Phi) is 6.94. The molecule has 0 saturated heterocycles. The maximum absolute atomic E-state index is 13.7. The van der Waals surface area contributed by atoms with Gasteiger partial charge in [-0.2, -0.15) is 4.31 Å². The first kappa shape index (κ1) is 28.4. The molecule has 11 heteroatoms. The number of aromatic nitrogens is 2. The van der Waals surface area contributed by atoms with Crippen LogP contribution < -0.4 is 15.6 Å².